The Morgan fingerprint density at radius 3 is 1.26 bits per heavy atom. The molecule has 2 nitrogen and oxygen atoms in total. The van der Waals surface area contributed by atoms with Crippen LogP contribution in [0.15, 0.2) is 58.3 Å². The summed E-state index contributed by atoms with van der Waals surface area (Å²) in [5, 5.41) is 0. The quantitative estimate of drug-likeness (QED) is 0.194. The van der Waals surface area contributed by atoms with Crippen LogP contribution in [0.25, 0.3) is 0 Å². The van der Waals surface area contributed by atoms with Crippen LogP contribution in [-0.2, 0) is 0 Å². The molecule has 0 N–H and O–H groups in total. The molecule has 0 aromatic heterocycles. The molecule has 0 saturated heterocycles. The van der Waals surface area contributed by atoms with Crippen LogP contribution in [0.5, 0.6) is 0 Å². The molecule has 2 rings (SSSR count). The van der Waals surface area contributed by atoms with E-state index in [2.05, 4.69) is 13.8 Å². The van der Waals surface area contributed by atoms with Gasteiger partial charge in [-0.1, -0.05) is 101 Å². The van der Waals surface area contributed by atoms with Crippen molar-refractivity contribution in [2.24, 2.45) is 0 Å². The number of hydrogen-bond acceptors (Lipinski definition) is 3. The largest absolute Gasteiger partial charge is 0.294 e. The van der Waals surface area contributed by atoms with Crippen LogP contribution in [0.2, 0.25) is 0 Å². The van der Waals surface area contributed by atoms with Gasteiger partial charge < -0.3 is 0 Å². The first-order valence-corrected chi connectivity index (χ1v) is 12.9. The van der Waals surface area contributed by atoms with Crippen LogP contribution < -0.4 is 0 Å². The Morgan fingerprint density at radius 2 is 0.903 bits per heavy atom. The Hall–Kier alpha value is -1.87. The van der Waals surface area contributed by atoms with Gasteiger partial charge >= 0.3 is 0 Å². The van der Waals surface area contributed by atoms with E-state index in [-0.39, 0.29) is 11.6 Å². The summed E-state index contributed by atoms with van der Waals surface area (Å²) in [4.78, 5) is 26.9. The van der Waals surface area contributed by atoms with E-state index in [0.717, 1.165) is 46.6 Å². The van der Waals surface area contributed by atoms with Gasteiger partial charge in [-0.3, -0.25) is 9.59 Å². The van der Waals surface area contributed by atoms with Crippen molar-refractivity contribution in [3.8, 4) is 0 Å². The maximum absolute atomic E-state index is 12.3. The van der Waals surface area contributed by atoms with Gasteiger partial charge in [-0.2, -0.15) is 0 Å². The monoisotopic (exact) mass is 438 g/mol. The highest BCUT2D eigenvalue weighted by Crippen LogP contribution is 2.28. The molecule has 0 amide bonds. The van der Waals surface area contributed by atoms with Crippen molar-refractivity contribution in [3.05, 3.63) is 59.7 Å². The highest BCUT2D eigenvalue weighted by Gasteiger charge is 2.08. The number of carbonyl (C=O) groups excluding carboxylic acids is 2. The second-order valence-electron chi connectivity index (χ2n) is 8.33. The van der Waals surface area contributed by atoms with Gasteiger partial charge in [-0.05, 0) is 37.1 Å². The number of rotatable bonds is 16. The minimum absolute atomic E-state index is 0.241. The molecule has 2 aromatic rings. The van der Waals surface area contributed by atoms with E-state index in [9.17, 15) is 9.59 Å². The van der Waals surface area contributed by atoms with E-state index in [1.807, 2.05) is 48.5 Å². The second-order valence-corrected chi connectivity index (χ2v) is 9.47. The molecule has 3 heteroatoms. The predicted octanol–water partition coefficient (Wildman–Crippen LogP) is 8.92. The van der Waals surface area contributed by atoms with Crippen LogP contribution in [0.3, 0.4) is 0 Å². The zero-order valence-corrected chi connectivity index (χ0v) is 20.1. The fourth-order valence-electron chi connectivity index (χ4n) is 3.62. The van der Waals surface area contributed by atoms with Gasteiger partial charge in [0.15, 0.2) is 11.6 Å². The zero-order chi connectivity index (χ0) is 22.3. The minimum Gasteiger partial charge on any atom is -0.294 e. The first kappa shape index (κ1) is 25.4. The highest BCUT2D eigenvalue weighted by atomic mass is 32.2. The van der Waals surface area contributed by atoms with Crippen molar-refractivity contribution in [1.82, 2.24) is 0 Å². The second kappa shape index (κ2) is 15.0. The van der Waals surface area contributed by atoms with Crippen LogP contribution in [-0.4, -0.2) is 11.6 Å². The lowest BCUT2D eigenvalue weighted by molar-refractivity contribution is 0.0971. The molecular weight excluding hydrogens is 400 g/mol. The average Bonchev–Trinajstić information content (AvgIpc) is 2.79. The summed E-state index contributed by atoms with van der Waals surface area (Å²) < 4.78 is 0. The molecule has 0 spiro atoms. The number of ketones is 2. The molecule has 0 radical (unpaired) electrons. The third kappa shape index (κ3) is 9.86. The van der Waals surface area contributed by atoms with Gasteiger partial charge in [0, 0.05) is 33.8 Å². The summed E-state index contributed by atoms with van der Waals surface area (Å²) >= 11 is 1.66. The number of unbranched alkanes of at least 4 members (excludes halogenated alkanes) is 8. The van der Waals surface area contributed by atoms with Gasteiger partial charge in [0.25, 0.3) is 0 Å². The molecule has 0 bridgehead atoms. The molecule has 0 aliphatic heterocycles. The third-order valence-electron chi connectivity index (χ3n) is 5.60. The summed E-state index contributed by atoms with van der Waals surface area (Å²) in [6, 6.07) is 15.8. The van der Waals surface area contributed by atoms with E-state index >= 15 is 0 Å². The van der Waals surface area contributed by atoms with Crippen molar-refractivity contribution < 1.29 is 9.59 Å². The van der Waals surface area contributed by atoms with Crippen molar-refractivity contribution in [1.29, 1.82) is 0 Å². The molecule has 168 valence electrons. The van der Waals surface area contributed by atoms with E-state index < -0.39 is 0 Å². The molecule has 0 atom stereocenters. The molecular formula is C28H38O2S. The minimum atomic E-state index is 0.241. The Morgan fingerprint density at radius 1 is 0.548 bits per heavy atom. The van der Waals surface area contributed by atoms with Gasteiger partial charge in [0.2, 0.25) is 0 Å². The fraction of sp³-hybridized carbons (Fsp3) is 0.500. The number of Topliss-reactive ketones (excluding diaryl/α,β-unsaturated/α-hetero) is 2. The van der Waals surface area contributed by atoms with E-state index in [4.69, 9.17) is 0 Å². The van der Waals surface area contributed by atoms with Crippen LogP contribution >= 0.6 is 11.8 Å². The topological polar surface area (TPSA) is 34.1 Å². The molecule has 31 heavy (non-hydrogen) atoms. The molecule has 0 aliphatic carbocycles. The SMILES string of the molecule is CCCCCCCC(=O)c1ccc(Sc2ccc(C(=O)CCCCCCC)cc2)cc1. The molecule has 0 heterocycles. The Labute approximate surface area is 193 Å². The smallest absolute Gasteiger partial charge is 0.162 e. The van der Waals surface area contributed by atoms with E-state index in [0.29, 0.717) is 12.8 Å². The lowest BCUT2D eigenvalue weighted by Crippen LogP contribution is -1.99. The molecule has 0 aliphatic rings. The van der Waals surface area contributed by atoms with Gasteiger partial charge in [-0.15, -0.1) is 0 Å². The van der Waals surface area contributed by atoms with Crippen molar-refractivity contribution in [3.63, 3.8) is 0 Å². The molecule has 0 fully saturated rings. The number of hydrogen-bond donors (Lipinski definition) is 0. The Balaban J connectivity index is 1.78. The molecule has 0 unspecified atom stereocenters. The van der Waals surface area contributed by atoms with Gasteiger partial charge in [0.05, 0.1) is 0 Å². The maximum atomic E-state index is 12.3. The number of carbonyl (C=O) groups is 2. The normalized spacial score (nSPS) is 10.9. The lowest BCUT2D eigenvalue weighted by atomic mass is 10.0. The Kier molecular flexibility index (Phi) is 12.3. The first-order valence-electron chi connectivity index (χ1n) is 12.1. The molecule has 0 saturated carbocycles. The van der Waals surface area contributed by atoms with Crippen molar-refractivity contribution in [2.45, 2.75) is 101 Å². The predicted molar refractivity (Wildman–Crippen MR) is 132 cm³/mol. The lowest BCUT2D eigenvalue weighted by Gasteiger charge is -2.06. The highest BCUT2D eigenvalue weighted by molar-refractivity contribution is 7.99. The van der Waals surface area contributed by atoms with Crippen molar-refractivity contribution in [2.75, 3.05) is 0 Å². The summed E-state index contributed by atoms with van der Waals surface area (Å²) in [5.41, 5.74) is 1.61. The molecule has 2 aromatic carbocycles. The zero-order valence-electron chi connectivity index (χ0n) is 19.3. The standard InChI is InChI=1S/C28H38O2S/c1-3-5-7-9-11-13-27(29)23-15-19-25(20-16-23)31-26-21-17-24(18-22-26)28(30)14-12-10-8-6-4-2/h15-22H,3-14H2,1-2H3. The first-order chi connectivity index (χ1) is 15.1. The summed E-state index contributed by atoms with van der Waals surface area (Å²) in [6.07, 6.45) is 13.0. The number of benzene rings is 2. The van der Waals surface area contributed by atoms with Crippen molar-refractivity contribution >= 4 is 23.3 Å². The van der Waals surface area contributed by atoms with Crippen LogP contribution in [0, 0.1) is 0 Å². The third-order valence-corrected chi connectivity index (χ3v) is 6.62. The summed E-state index contributed by atoms with van der Waals surface area (Å²) in [6.45, 7) is 4.41. The van der Waals surface area contributed by atoms with Gasteiger partial charge in [0.1, 0.15) is 0 Å². The van der Waals surface area contributed by atoms with E-state index in [1.54, 1.807) is 11.8 Å². The summed E-state index contributed by atoms with van der Waals surface area (Å²) in [5.74, 6) is 0.483. The Bertz CT molecular complexity index is 710. The van der Waals surface area contributed by atoms with E-state index in [1.165, 1.54) is 38.5 Å². The van der Waals surface area contributed by atoms with Crippen LogP contribution in [0.4, 0.5) is 0 Å². The average molecular weight is 439 g/mol. The van der Waals surface area contributed by atoms with Gasteiger partial charge in [-0.25, -0.2) is 0 Å². The maximum Gasteiger partial charge on any atom is 0.162 e. The van der Waals surface area contributed by atoms with Crippen LogP contribution in [0.1, 0.15) is 112 Å². The summed E-state index contributed by atoms with van der Waals surface area (Å²) in [7, 11) is 0. The fourth-order valence-corrected chi connectivity index (χ4v) is 4.44.